The molecule has 0 N–H and O–H groups in total. The lowest BCUT2D eigenvalue weighted by atomic mass is 10.1. The summed E-state index contributed by atoms with van der Waals surface area (Å²) >= 11 is 0. The summed E-state index contributed by atoms with van der Waals surface area (Å²) in [4.78, 5) is 41.0. The van der Waals surface area contributed by atoms with Crippen LogP contribution in [0, 0.1) is 0 Å². The number of hydrogen-bond acceptors (Lipinski definition) is 8. The third kappa shape index (κ3) is 2.86. The molecule has 2 aromatic heterocycles. The average Bonchev–Trinajstić information content (AvgIpc) is 3.48. The van der Waals surface area contributed by atoms with Crippen LogP contribution >= 0.6 is 0 Å². The van der Waals surface area contributed by atoms with E-state index in [1.54, 1.807) is 29.8 Å². The van der Waals surface area contributed by atoms with Crippen molar-refractivity contribution in [1.29, 1.82) is 0 Å². The number of aryl methyl sites for hydroxylation is 1. The van der Waals surface area contributed by atoms with Crippen LogP contribution in [-0.4, -0.2) is 42.3 Å². The van der Waals surface area contributed by atoms with E-state index in [0.29, 0.717) is 22.7 Å². The van der Waals surface area contributed by atoms with Crippen LogP contribution < -0.4 is 20.7 Å². The second kappa shape index (κ2) is 6.72. The Labute approximate surface area is 174 Å². The summed E-state index contributed by atoms with van der Waals surface area (Å²) in [7, 11) is 2.95. The summed E-state index contributed by atoms with van der Waals surface area (Å²) in [5.41, 5.74) is 0.182. The van der Waals surface area contributed by atoms with Gasteiger partial charge in [-0.1, -0.05) is 0 Å². The maximum absolute atomic E-state index is 12.4. The van der Waals surface area contributed by atoms with Gasteiger partial charge in [-0.3, -0.25) is 18.7 Å². The first-order valence-corrected chi connectivity index (χ1v) is 9.39. The molecule has 0 saturated carbocycles. The first-order valence-electron chi connectivity index (χ1n) is 9.39. The van der Waals surface area contributed by atoms with Crippen LogP contribution in [-0.2, 0) is 30.2 Å². The molecule has 0 radical (unpaired) electrons. The molecule has 2 aliphatic rings. The molecule has 4 heterocycles. The molecule has 2 aliphatic heterocycles. The lowest BCUT2D eigenvalue weighted by Crippen LogP contribution is -2.37. The summed E-state index contributed by atoms with van der Waals surface area (Å²) in [6.07, 6.45) is 0.650. The molecule has 0 saturated heterocycles. The fourth-order valence-corrected chi connectivity index (χ4v) is 3.66. The topological polar surface area (TPSA) is 122 Å². The third-order valence-electron chi connectivity index (χ3n) is 5.21. The van der Waals surface area contributed by atoms with E-state index in [4.69, 9.17) is 14.2 Å². The van der Waals surface area contributed by atoms with Crippen molar-refractivity contribution in [3.63, 3.8) is 0 Å². The van der Waals surface area contributed by atoms with Gasteiger partial charge in [0.1, 0.15) is 12.2 Å². The number of imidazole rings is 1. The van der Waals surface area contributed by atoms with Gasteiger partial charge < -0.3 is 18.8 Å². The largest absolute Gasteiger partial charge is 0.454 e. The van der Waals surface area contributed by atoms with Crippen LogP contribution in [0.15, 0.2) is 39.2 Å². The van der Waals surface area contributed by atoms with E-state index < -0.39 is 17.5 Å². The maximum atomic E-state index is 12.4. The predicted octanol–water partition coefficient (Wildman–Crippen LogP) is 0.0534. The SMILES string of the molecule is CC(=O)N1N=C(Cn2cnc3c(=O)n(C)c(=O)n(C)c32)O[C@@H]1c1ccc2c(c1)OCO2. The van der Waals surface area contributed by atoms with Crippen molar-refractivity contribution >= 4 is 23.0 Å². The van der Waals surface area contributed by atoms with Crippen molar-refractivity contribution < 1.29 is 19.0 Å². The zero-order valence-corrected chi connectivity index (χ0v) is 16.9. The number of amides is 1. The maximum Gasteiger partial charge on any atom is 0.332 e. The van der Waals surface area contributed by atoms with Crippen molar-refractivity contribution in [2.75, 3.05) is 6.79 Å². The summed E-state index contributed by atoms with van der Waals surface area (Å²) in [5, 5.41) is 5.53. The molecule has 1 aromatic carbocycles. The quantitative estimate of drug-likeness (QED) is 0.580. The second-order valence-electron chi connectivity index (χ2n) is 7.19. The van der Waals surface area contributed by atoms with Crippen LogP contribution in [0.2, 0.25) is 0 Å². The number of carbonyl (C=O) groups excluding carboxylic acids is 1. The van der Waals surface area contributed by atoms with Crippen LogP contribution in [0.1, 0.15) is 18.7 Å². The monoisotopic (exact) mass is 426 g/mol. The number of rotatable bonds is 3. The highest BCUT2D eigenvalue weighted by molar-refractivity contribution is 5.83. The van der Waals surface area contributed by atoms with Crippen molar-refractivity contribution in [3.8, 4) is 11.5 Å². The molecule has 0 bridgehead atoms. The molecule has 1 amide bonds. The zero-order valence-electron chi connectivity index (χ0n) is 16.9. The molecule has 0 unspecified atom stereocenters. The highest BCUT2D eigenvalue weighted by Gasteiger charge is 2.34. The Hall–Kier alpha value is -4.09. The van der Waals surface area contributed by atoms with Gasteiger partial charge in [0.2, 0.25) is 24.8 Å². The van der Waals surface area contributed by atoms with E-state index in [2.05, 4.69) is 10.1 Å². The van der Waals surface area contributed by atoms with E-state index in [-0.39, 0.29) is 30.7 Å². The Bertz CT molecular complexity index is 1380. The van der Waals surface area contributed by atoms with Crippen molar-refractivity contribution in [2.45, 2.75) is 19.7 Å². The Kier molecular flexibility index (Phi) is 4.10. The van der Waals surface area contributed by atoms with Gasteiger partial charge in [-0.2, -0.15) is 5.01 Å². The highest BCUT2D eigenvalue weighted by atomic mass is 16.7. The fraction of sp³-hybridized carbons (Fsp3) is 0.316. The van der Waals surface area contributed by atoms with Gasteiger partial charge in [0.25, 0.3) is 5.56 Å². The van der Waals surface area contributed by atoms with E-state index in [1.807, 2.05) is 0 Å². The lowest BCUT2D eigenvalue weighted by molar-refractivity contribution is -0.135. The number of fused-ring (bicyclic) bond motifs is 2. The van der Waals surface area contributed by atoms with Gasteiger partial charge in [-0.15, -0.1) is 5.10 Å². The van der Waals surface area contributed by atoms with Gasteiger partial charge in [0.15, 0.2) is 17.0 Å². The van der Waals surface area contributed by atoms with Gasteiger partial charge in [0, 0.05) is 26.6 Å². The Morgan fingerprint density at radius 1 is 1.16 bits per heavy atom. The Balaban J connectivity index is 1.49. The first kappa shape index (κ1) is 18.9. The molecule has 0 aliphatic carbocycles. The summed E-state index contributed by atoms with van der Waals surface area (Å²) < 4.78 is 20.6. The molecular formula is C19H18N6O6. The zero-order chi connectivity index (χ0) is 21.9. The van der Waals surface area contributed by atoms with Gasteiger partial charge in [-0.05, 0) is 18.2 Å². The third-order valence-corrected chi connectivity index (χ3v) is 5.21. The molecule has 0 fully saturated rings. The smallest absolute Gasteiger partial charge is 0.332 e. The normalized spacial score (nSPS) is 17.2. The molecule has 160 valence electrons. The van der Waals surface area contributed by atoms with Gasteiger partial charge in [-0.25, -0.2) is 9.78 Å². The molecule has 5 rings (SSSR count). The van der Waals surface area contributed by atoms with Crippen LogP contribution in [0.5, 0.6) is 11.5 Å². The fourth-order valence-electron chi connectivity index (χ4n) is 3.66. The highest BCUT2D eigenvalue weighted by Crippen LogP contribution is 2.37. The van der Waals surface area contributed by atoms with E-state index >= 15 is 0 Å². The molecule has 0 spiro atoms. The van der Waals surface area contributed by atoms with E-state index in [1.165, 1.54) is 29.9 Å². The summed E-state index contributed by atoms with van der Waals surface area (Å²) in [6.45, 7) is 1.59. The van der Waals surface area contributed by atoms with Crippen molar-refractivity contribution in [3.05, 3.63) is 50.9 Å². The number of aromatic nitrogens is 4. The van der Waals surface area contributed by atoms with E-state index in [9.17, 15) is 14.4 Å². The number of benzene rings is 1. The summed E-state index contributed by atoms with van der Waals surface area (Å²) in [6, 6.07) is 5.25. The molecule has 12 nitrogen and oxygen atoms in total. The Morgan fingerprint density at radius 3 is 2.71 bits per heavy atom. The first-order chi connectivity index (χ1) is 14.8. The van der Waals surface area contributed by atoms with Crippen molar-refractivity contribution in [2.24, 2.45) is 19.2 Å². The van der Waals surface area contributed by atoms with Crippen LogP contribution in [0.3, 0.4) is 0 Å². The number of hydrazone groups is 1. The number of nitrogens with zero attached hydrogens (tertiary/aromatic N) is 6. The van der Waals surface area contributed by atoms with Crippen molar-refractivity contribution in [1.82, 2.24) is 23.7 Å². The molecule has 3 aromatic rings. The number of ether oxygens (including phenoxy) is 3. The summed E-state index contributed by atoms with van der Waals surface area (Å²) in [5.74, 6) is 1.09. The lowest BCUT2D eigenvalue weighted by Gasteiger charge is -2.19. The predicted molar refractivity (Wildman–Crippen MR) is 107 cm³/mol. The van der Waals surface area contributed by atoms with E-state index in [0.717, 1.165) is 4.57 Å². The van der Waals surface area contributed by atoms with Crippen LogP contribution in [0.25, 0.3) is 11.2 Å². The van der Waals surface area contributed by atoms with Crippen LogP contribution in [0.4, 0.5) is 0 Å². The molecular weight excluding hydrogens is 408 g/mol. The second-order valence-corrected chi connectivity index (χ2v) is 7.19. The minimum Gasteiger partial charge on any atom is -0.454 e. The number of carbonyl (C=O) groups is 1. The van der Waals surface area contributed by atoms with Gasteiger partial charge in [0.05, 0.1) is 6.33 Å². The molecule has 12 heteroatoms. The number of hydrogen-bond donors (Lipinski definition) is 0. The standard InChI is InChI=1S/C19H18N6O6/c1-10(26)25-18(11-4-5-12-13(6-11)30-9-29-12)31-14(21-25)7-24-8-20-15-16(24)22(2)19(28)23(3)17(15)27/h4-6,8,18H,7,9H2,1-3H3/t18-/m1/s1. The average molecular weight is 426 g/mol. The minimum absolute atomic E-state index is 0.0712. The molecule has 31 heavy (non-hydrogen) atoms. The Morgan fingerprint density at radius 2 is 1.94 bits per heavy atom. The van der Waals surface area contributed by atoms with Gasteiger partial charge >= 0.3 is 5.69 Å². The minimum atomic E-state index is -0.784. The molecule has 1 atom stereocenters.